The van der Waals surface area contributed by atoms with Crippen LogP contribution >= 0.6 is 34.8 Å². The van der Waals surface area contributed by atoms with E-state index >= 15 is 0 Å². The monoisotopic (exact) mass is 328 g/mol. The van der Waals surface area contributed by atoms with E-state index in [0.29, 0.717) is 22.2 Å². The quantitative estimate of drug-likeness (QED) is 0.622. The van der Waals surface area contributed by atoms with Crippen LogP contribution in [0.2, 0.25) is 10.0 Å². The largest absolute Gasteiger partial charge is 0.494 e. The summed E-state index contributed by atoms with van der Waals surface area (Å²) in [4.78, 5) is 0. The number of aryl methyl sites for hydroxylation is 1. The Balaban J connectivity index is 2.52. The highest BCUT2D eigenvalue weighted by atomic mass is 35.5. The van der Waals surface area contributed by atoms with Crippen LogP contribution < -0.4 is 4.74 Å². The molecule has 0 fully saturated rings. The lowest BCUT2D eigenvalue weighted by Crippen LogP contribution is -2.02. The molecule has 1 nitrogen and oxygen atoms in total. The first-order valence-electron chi connectivity index (χ1n) is 6.36. The van der Waals surface area contributed by atoms with Gasteiger partial charge in [0, 0.05) is 21.2 Å². The van der Waals surface area contributed by atoms with Crippen molar-refractivity contribution >= 4 is 34.8 Å². The molecule has 0 saturated heterocycles. The van der Waals surface area contributed by atoms with Gasteiger partial charge in [-0.05, 0) is 32.0 Å². The van der Waals surface area contributed by atoms with E-state index in [1.807, 2.05) is 32.0 Å². The SMILES string of the molecule is CCOc1ccc(C)cc1C(Cl)c1c(Cl)cccc1Cl. The molecule has 1 unspecified atom stereocenters. The second-order valence-corrected chi connectivity index (χ2v) is 5.72. The molecule has 1 atom stereocenters. The van der Waals surface area contributed by atoms with Gasteiger partial charge in [-0.3, -0.25) is 0 Å². The third-order valence-electron chi connectivity index (χ3n) is 2.99. The fraction of sp³-hybridized carbons (Fsp3) is 0.250. The number of benzene rings is 2. The zero-order chi connectivity index (χ0) is 14.7. The zero-order valence-electron chi connectivity index (χ0n) is 11.3. The fourth-order valence-corrected chi connectivity index (χ4v) is 3.19. The summed E-state index contributed by atoms with van der Waals surface area (Å²) in [5.74, 6) is 0.758. The predicted molar refractivity (Wildman–Crippen MR) is 86.5 cm³/mol. The van der Waals surface area contributed by atoms with Gasteiger partial charge in [0.2, 0.25) is 0 Å². The molecule has 0 amide bonds. The van der Waals surface area contributed by atoms with E-state index in [0.717, 1.165) is 16.9 Å². The molecule has 0 saturated carbocycles. The number of rotatable bonds is 4. The average molecular weight is 330 g/mol. The first-order valence-corrected chi connectivity index (χ1v) is 7.55. The smallest absolute Gasteiger partial charge is 0.124 e. The Bertz CT molecular complexity index is 590. The molecule has 2 aromatic carbocycles. The lowest BCUT2D eigenvalue weighted by Gasteiger charge is -2.18. The van der Waals surface area contributed by atoms with Crippen LogP contribution in [0.5, 0.6) is 5.75 Å². The van der Waals surface area contributed by atoms with Crippen molar-refractivity contribution in [3.8, 4) is 5.75 Å². The Morgan fingerprint density at radius 3 is 2.35 bits per heavy atom. The minimum Gasteiger partial charge on any atom is -0.494 e. The van der Waals surface area contributed by atoms with Gasteiger partial charge in [-0.2, -0.15) is 0 Å². The van der Waals surface area contributed by atoms with E-state index in [1.54, 1.807) is 18.2 Å². The average Bonchev–Trinajstić information content (AvgIpc) is 2.40. The summed E-state index contributed by atoms with van der Waals surface area (Å²) in [6.45, 7) is 4.53. The summed E-state index contributed by atoms with van der Waals surface area (Å²) in [7, 11) is 0. The Labute approximate surface area is 134 Å². The van der Waals surface area contributed by atoms with Crippen LogP contribution in [0.4, 0.5) is 0 Å². The molecule has 0 aliphatic rings. The van der Waals surface area contributed by atoms with Crippen molar-refractivity contribution in [2.24, 2.45) is 0 Å². The first-order chi connectivity index (χ1) is 9.54. The molecule has 0 bridgehead atoms. The molecule has 0 aromatic heterocycles. The molecule has 106 valence electrons. The van der Waals surface area contributed by atoms with Gasteiger partial charge < -0.3 is 4.74 Å². The Morgan fingerprint density at radius 1 is 1.10 bits per heavy atom. The minimum absolute atomic E-state index is 0.447. The van der Waals surface area contributed by atoms with E-state index in [4.69, 9.17) is 39.5 Å². The fourth-order valence-electron chi connectivity index (χ4n) is 2.06. The van der Waals surface area contributed by atoms with Crippen LogP contribution in [0.25, 0.3) is 0 Å². The molecule has 0 radical (unpaired) electrons. The molecule has 2 rings (SSSR count). The molecule has 0 aliphatic carbocycles. The topological polar surface area (TPSA) is 9.23 Å². The van der Waals surface area contributed by atoms with Gasteiger partial charge in [0.15, 0.2) is 0 Å². The minimum atomic E-state index is -0.447. The molecule has 20 heavy (non-hydrogen) atoms. The number of ether oxygens (including phenoxy) is 1. The zero-order valence-corrected chi connectivity index (χ0v) is 13.6. The van der Waals surface area contributed by atoms with Gasteiger partial charge >= 0.3 is 0 Å². The lowest BCUT2D eigenvalue weighted by atomic mass is 10.0. The molecule has 0 spiro atoms. The highest BCUT2D eigenvalue weighted by Crippen LogP contribution is 2.41. The predicted octanol–water partition coefficient (Wildman–Crippen LogP) is 6.03. The molecule has 0 N–H and O–H groups in total. The third-order valence-corrected chi connectivity index (χ3v) is 4.10. The van der Waals surface area contributed by atoms with Crippen molar-refractivity contribution in [3.05, 3.63) is 63.1 Å². The number of hydrogen-bond acceptors (Lipinski definition) is 1. The van der Waals surface area contributed by atoms with Crippen molar-refractivity contribution in [1.29, 1.82) is 0 Å². The van der Waals surface area contributed by atoms with Gasteiger partial charge in [-0.15, -0.1) is 11.6 Å². The van der Waals surface area contributed by atoms with Crippen LogP contribution in [0.15, 0.2) is 36.4 Å². The Kier molecular flexibility index (Phi) is 5.20. The number of alkyl halides is 1. The lowest BCUT2D eigenvalue weighted by molar-refractivity contribution is 0.337. The third kappa shape index (κ3) is 3.22. The van der Waals surface area contributed by atoms with Gasteiger partial charge in [0.1, 0.15) is 5.75 Å². The van der Waals surface area contributed by atoms with E-state index in [-0.39, 0.29) is 0 Å². The maximum absolute atomic E-state index is 6.61. The van der Waals surface area contributed by atoms with Crippen molar-refractivity contribution in [2.45, 2.75) is 19.2 Å². The van der Waals surface area contributed by atoms with Crippen molar-refractivity contribution in [1.82, 2.24) is 0 Å². The van der Waals surface area contributed by atoms with Crippen molar-refractivity contribution < 1.29 is 4.74 Å². The van der Waals surface area contributed by atoms with Gasteiger partial charge in [0.05, 0.1) is 12.0 Å². The number of halogens is 3. The summed E-state index contributed by atoms with van der Waals surface area (Å²) >= 11 is 19.1. The van der Waals surface area contributed by atoms with Crippen LogP contribution in [0.1, 0.15) is 29.0 Å². The summed E-state index contributed by atoms with van der Waals surface area (Å²) < 4.78 is 5.64. The second-order valence-electron chi connectivity index (χ2n) is 4.47. The van der Waals surface area contributed by atoms with E-state index < -0.39 is 5.38 Å². The molecule has 2 aromatic rings. The molecule has 0 heterocycles. The molecular weight excluding hydrogens is 315 g/mol. The van der Waals surface area contributed by atoms with Crippen LogP contribution in [0, 0.1) is 6.92 Å². The standard InChI is InChI=1S/C16H15Cl3O/c1-3-20-14-8-7-10(2)9-11(14)16(19)15-12(17)5-4-6-13(15)18/h4-9,16H,3H2,1-2H3. The Hall–Kier alpha value is -0.890. The van der Waals surface area contributed by atoms with E-state index in [1.165, 1.54) is 0 Å². The first kappa shape index (κ1) is 15.5. The summed E-state index contributed by atoms with van der Waals surface area (Å²) in [5, 5.41) is 0.667. The molecular formula is C16H15Cl3O. The summed E-state index contributed by atoms with van der Waals surface area (Å²) in [6.07, 6.45) is 0. The van der Waals surface area contributed by atoms with E-state index in [9.17, 15) is 0 Å². The highest BCUT2D eigenvalue weighted by Gasteiger charge is 2.21. The number of hydrogen-bond donors (Lipinski definition) is 0. The Morgan fingerprint density at radius 2 is 1.75 bits per heavy atom. The highest BCUT2D eigenvalue weighted by molar-refractivity contribution is 6.38. The van der Waals surface area contributed by atoms with Crippen LogP contribution in [-0.2, 0) is 0 Å². The summed E-state index contributed by atoms with van der Waals surface area (Å²) in [5.41, 5.74) is 2.70. The van der Waals surface area contributed by atoms with Gasteiger partial charge in [0.25, 0.3) is 0 Å². The van der Waals surface area contributed by atoms with Gasteiger partial charge in [-0.1, -0.05) is 47.0 Å². The van der Waals surface area contributed by atoms with Gasteiger partial charge in [-0.25, -0.2) is 0 Å². The van der Waals surface area contributed by atoms with E-state index in [2.05, 4.69) is 0 Å². The van der Waals surface area contributed by atoms with Crippen LogP contribution in [-0.4, -0.2) is 6.61 Å². The maximum Gasteiger partial charge on any atom is 0.124 e. The second kappa shape index (κ2) is 6.71. The molecule has 4 heteroatoms. The normalized spacial score (nSPS) is 12.2. The van der Waals surface area contributed by atoms with Crippen molar-refractivity contribution in [2.75, 3.05) is 6.61 Å². The van der Waals surface area contributed by atoms with Crippen molar-refractivity contribution in [3.63, 3.8) is 0 Å². The maximum atomic E-state index is 6.61. The summed E-state index contributed by atoms with van der Waals surface area (Å²) in [6, 6.07) is 11.3. The van der Waals surface area contributed by atoms with Crippen LogP contribution in [0.3, 0.4) is 0 Å². The molecule has 0 aliphatic heterocycles.